The number of aromatic nitrogens is 4. The van der Waals surface area contributed by atoms with Crippen molar-refractivity contribution in [2.75, 3.05) is 11.9 Å². The number of hydrogen-bond acceptors (Lipinski definition) is 7. The van der Waals surface area contributed by atoms with E-state index in [4.69, 9.17) is 9.26 Å². The number of hydrogen-bond donors (Lipinski definition) is 1. The van der Waals surface area contributed by atoms with Gasteiger partial charge in [-0.1, -0.05) is 36.3 Å². The number of rotatable bonds is 6. The second-order valence-electron chi connectivity index (χ2n) is 7.73. The van der Waals surface area contributed by atoms with Crippen molar-refractivity contribution in [3.8, 4) is 0 Å². The summed E-state index contributed by atoms with van der Waals surface area (Å²) < 4.78 is 12.7. The van der Waals surface area contributed by atoms with E-state index in [9.17, 15) is 9.59 Å². The maximum atomic E-state index is 12.5. The number of benzene rings is 1. The molecule has 1 amide bonds. The molecule has 0 saturated carbocycles. The number of amides is 1. The van der Waals surface area contributed by atoms with Crippen LogP contribution in [0.15, 0.2) is 39.9 Å². The van der Waals surface area contributed by atoms with Crippen molar-refractivity contribution in [2.45, 2.75) is 52.2 Å². The number of aryl methyl sites for hydroxylation is 1. The highest BCUT2D eigenvalue weighted by atomic mass is 16.5. The van der Waals surface area contributed by atoms with Crippen LogP contribution in [0.2, 0.25) is 0 Å². The van der Waals surface area contributed by atoms with Crippen LogP contribution in [0.3, 0.4) is 0 Å². The summed E-state index contributed by atoms with van der Waals surface area (Å²) in [5, 5.41) is 6.64. The largest absolute Gasteiger partial charge is 0.373 e. The molecule has 4 rings (SSSR count). The van der Waals surface area contributed by atoms with Gasteiger partial charge in [-0.2, -0.15) is 4.98 Å². The van der Waals surface area contributed by atoms with Crippen LogP contribution in [0.1, 0.15) is 60.7 Å². The highest BCUT2D eigenvalue weighted by Gasteiger charge is 2.31. The molecule has 1 saturated heterocycles. The smallest absolute Gasteiger partial charge is 0.258 e. The summed E-state index contributed by atoms with van der Waals surface area (Å²) in [6.45, 7) is 5.73. The van der Waals surface area contributed by atoms with Gasteiger partial charge in [-0.3, -0.25) is 14.2 Å². The lowest BCUT2D eigenvalue weighted by molar-refractivity contribution is -0.114. The Morgan fingerprint density at radius 3 is 2.77 bits per heavy atom. The van der Waals surface area contributed by atoms with Gasteiger partial charge in [-0.15, -0.1) is 0 Å². The monoisotopic (exact) mass is 423 g/mol. The fraction of sp³-hybridized carbons (Fsp3) is 0.409. The van der Waals surface area contributed by atoms with Gasteiger partial charge in [-0.05, 0) is 30.9 Å². The van der Waals surface area contributed by atoms with Crippen LogP contribution in [-0.4, -0.2) is 32.2 Å². The van der Waals surface area contributed by atoms with E-state index in [0.717, 1.165) is 18.4 Å². The highest BCUT2D eigenvalue weighted by Crippen LogP contribution is 2.37. The van der Waals surface area contributed by atoms with Crippen LogP contribution in [-0.2, 0) is 22.5 Å². The number of ether oxygens (including phenoxy) is 1. The molecule has 162 valence electrons. The molecule has 0 radical (unpaired) electrons. The Hall–Kier alpha value is -3.33. The Kier molecular flexibility index (Phi) is 5.94. The van der Waals surface area contributed by atoms with Crippen LogP contribution in [0.5, 0.6) is 0 Å². The molecule has 0 bridgehead atoms. The number of nitrogens with zero attached hydrogens (tertiary/aromatic N) is 4. The fourth-order valence-corrected chi connectivity index (χ4v) is 3.65. The summed E-state index contributed by atoms with van der Waals surface area (Å²) in [6.07, 6.45) is 3.15. The Labute approximate surface area is 179 Å². The van der Waals surface area contributed by atoms with E-state index in [1.54, 1.807) is 6.92 Å². The molecule has 3 heterocycles. The minimum atomic E-state index is -0.285. The molecule has 0 spiro atoms. The van der Waals surface area contributed by atoms with Crippen molar-refractivity contribution >= 4 is 11.7 Å². The van der Waals surface area contributed by atoms with Crippen LogP contribution < -0.4 is 10.9 Å². The summed E-state index contributed by atoms with van der Waals surface area (Å²) in [5.41, 5.74) is 2.51. The van der Waals surface area contributed by atoms with Gasteiger partial charge in [0, 0.05) is 12.8 Å². The molecule has 1 fully saturated rings. The maximum absolute atomic E-state index is 12.5. The molecule has 9 nitrogen and oxygen atoms in total. The van der Waals surface area contributed by atoms with Crippen LogP contribution in [0.4, 0.5) is 5.82 Å². The van der Waals surface area contributed by atoms with Crippen molar-refractivity contribution in [1.29, 1.82) is 0 Å². The zero-order valence-corrected chi connectivity index (χ0v) is 17.8. The van der Waals surface area contributed by atoms with E-state index in [-0.39, 0.29) is 35.9 Å². The van der Waals surface area contributed by atoms with E-state index in [2.05, 4.69) is 51.6 Å². The standard InChI is InChI=1S/C22H25N5O4/c1-4-15-5-7-16(8-6-15)18-9-17(11-30-18)21-25-19(31-26-21)10-27-12-23-20(24-14(3)28)13(2)22(27)29/h5-8,12,17-18H,4,9-11H2,1-3H3,(H,24,28)/t17?,18-/m1/s1. The van der Waals surface area contributed by atoms with Gasteiger partial charge in [0.15, 0.2) is 5.82 Å². The highest BCUT2D eigenvalue weighted by molar-refractivity contribution is 5.88. The van der Waals surface area contributed by atoms with Gasteiger partial charge < -0.3 is 14.6 Å². The van der Waals surface area contributed by atoms with Crippen LogP contribution in [0.25, 0.3) is 0 Å². The average molecular weight is 423 g/mol. The second-order valence-corrected chi connectivity index (χ2v) is 7.73. The molecule has 31 heavy (non-hydrogen) atoms. The molecule has 1 aromatic carbocycles. The molecule has 1 aliphatic heterocycles. The van der Waals surface area contributed by atoms with Gasteiger partial charge in [0.25, 0.3) is 5.56 Å². The van der Waals surface area contributed by atoms with Crippen molar-refractivity contribution in [3.05, 3.63) is 69.4 Å². The van der Waals surface area contributed by atoms with Gasteiger partial charge in [0.1, 0.15) is 18.7 Å². The Morgan fingerprint density at radius 2 is 2.06 bits per heavy atom. The van der Waals surface area contributed by atoms with Gasteiger partial charge in [-0.25, -0.2) is 4.98 Å². The number of carbonyl (C=O) groups excluding carboxylic acids is 1. The van der Waals surface area contributed by atoms with E-state index in [0.29, 0.717) is 23.9 Å². The maximum Gasteiger partial charge on any atom is 0.258 e. The Bertz CT molecular complexity index is 1140. The fourth-order valence-electron chi connectivity index (χ4n) is 3.65. The third-order valence-corrected chi connectivity index (χ3v) is 5.47. The molecule has 3 aromatic rings. The van der Waals surface area contributed by atoms with E-state index >= 15 is 0 Å². The predicted molar refractivity (Wildman–Crippen MR) is 113 cm³/mol. The summed E-state index contributed by atoms with van der Waals surface area (Å²) >= 11 is 0. The molecule has 2 aromatic heterocycles. The van der Waals surface area contributed by atoms with E-state index in [1.165, 1.54) is 23.4 Å². The summed E-state index contributed by atoms with van der Waals surface area (Å²) in [7, 11) is 0. The third-order valence-electron chi connectivity index (χ3n) is 5.47. The molecular formula is C22H25N5O4. The Balaban J connectivity index is 1.43. The van der Waals surface area contributed by atoms with Crippen molar-refractivity contribution < 1.29 is 14.1 Å². The molecule has 1 unspecified atom stereocenters. The van der Waals surface area contributed by atoms with Crippen LogP contribution >= 0.6 is 0 Å². The van der Waals surface area contributed by atoms with Gasteiger partial charge in [0.2, 0.25) is 11.8 Å². The van der Waals surface area contributed by atoms with Crippen molar-refractivity contribution in [2.24, 2.45) is 0 Å². The second kappa shape index (κ2) is 8.81. The first-order valence-electron chi connectivity index (χ1n) is 10.3. The minimum Gasteiger partial charge on any atom is -0.373 e. The summed E-state index contributed by atoms with van der Waals surface area (Å²) in [6, 6.07) is 8.48. The van der Waals surface area contributed by atoms with E-state index in [1.807, 2.05) is 0 Å². The van der Waals surface area contributed by atoms with Crippen molar-refractivity contribution in [3.63, 3.8) is 0 Å². The quantitative estimate of drug-likeness (QED) is 0.649. The SMILES string of the molecule is CCc1ccc([C@H]2CC(c3noc(Cn4cnc(NC(C)=O)c(C)c4=O)n3)CO2)cc1. The molecule has 0 aliphatic carbocycles. The number of carbonyl (C=O) groups is 1. The zero-order chi connectivity index (χ0) is 22.0. The first-order valence-corrected chi connectivity index (χ1v) is 10.3. The number of anilines is 1. The third kappa shape index (κ3) is 4.56. The summed E-state index contributed by atoms with van der Waals surface area (Å²) in [4.78, 5) is 32.4. The normalized spacial score (nSPS) is 18.3. The lowest BCUT2D eigenvalue weighted by atomic mass is 9.99. The average Bonchev–Trinajstić information content (AvgIpc) is 3.43. The lowest BCUT2D eigenvalue weighted by Gasteiger charge is -2.10. The molecule has 2 atom stereocenters. The first kappa shape index (κ1) is 20.9. The molecular weight excluding hydrogens is 398 g/mol. The lowest BCUT2D eigenvalue weighted by Crippen LogP contribution is -2.25. The van der Waals surface area contributed by atoms with Crippen LogP contribution in [0, 0.1) is 6.92 Å². The minimum absolute atomic E-state index is 0.00801. The zero-order valence-electron chi connectivity index (χ0n) is 17.8. The van der Waals surface area contributed by atoms with Crippen molar-refractivity contribution in [1.82, 2.24) is 19.7 Å². The first-order chi connectivity index (χ1) is 14.9. The van der Waals surface area contributed by atoms with Gasteiger partial charge >= 0.3 is 0 Å². The molecule has 9 heteroatoms. The number of nitrogens with one attached hydrogen (secondary N) is 1. The topological polar surface area (TPSA) is 112 Å². The molecule has 1 aliphatic rings. The predicted octanol–water partition coefficient (Wildman–Crippen LogP) is 2.75. The Morgan fingerprint density at radius 1 is 1.29 bits per heavy atom. The molecule has 1 N–H and O–H groups in total. The summed E-state index contributed by atoms with van der Waals surface area (Å²) in [5.74, 6) is 0.900. The van der Waals surface area contributed by atoms with Gasteiger partial charge in [0.05, 0.1) is 18.3 Å². The van der Waals surface area contributed by atoms with E-state index < -0.39 is 0 Å².